The van der Waals surface area contributed by atoms with Crippen LogP contribution in [0.2, 0.25) is 10.0 Å². The van der Waals surface area contributed by atoms with Gasteiger partial charge in [-0.25, -0.2) is 13.1 Å². The minimum atomic E-state index is -4.69. The van der Waals surface area contributed by atoms with Crippen LogP contribution >= 0.6 is 23.2 Å². The molecule has 0 aliphatic heterocycles. The predicted octanol–water partition coefficient (Wildman–Crippen LogP) is 3.93. The Labute approximate surface area is 157 Å². The smallest absolute Gasteiger partial charge is 0.325 e. The molecule has 0 spiro atoms. The summed E-state index contributed by atoms with van der Waals surface area (Å²) in [5.74, 6) is -0.849. The summed E-state index contributed by atoms with van der Waals surface area (Å²) < 4.78 is 64.5. The van der Waals surface area contributed by atoms with Gasteiger partial charge in [-0.2, -0.15) is 13.2 Å². The lowest BCUT2D eigenvalue weighted by Crippen LogP contribution is -2.32. The molecule has 0 heterocycles. The number of amides is 1. The number of hydrogen-bond acceptors (Lipinski definition) is 3. The maximum Gasteiger partial charge on any atom is 0.417 e. The highest BCUT2D eigenvalue weighted by atomic mass is 35.5. The third-order valence-electron chi connectivity index (χ3n) is 3.10. The van der Waals surface area contributed by atoms with E-state index in [1.165, 1.54) is 30.3 Å². The van der Waals surface area contributed by atoms with Gasteiger partial charge in [-0.15, -0.1) is 0 Å². The number of nitrogens with one attached hydrogen (secondary N) is 2. The summed E-state index contributed by atoms with van der Waals surface area (Å²) in [6.45, 7) is -0.672. The third-order valence-corrected chi connectivity index (χ3v) is 5.10. The molecule has 2 N–H and O–H groups in total. The first-order chi connectivity index (χ1) is 12.0. The fourth-order valence-corrected chi connectivity index (χ4v) is 3.22. The molecule has 2 rings (SSSR count). The summed E-state index contributed by atoms with van der Waals surface area (Å²) >= 11 is 11.2. The molecule has 0 aliphatic carbocycles. The SMILES string of the molecule is O=C(CNS(=O)(=O)c1ccc(Cl)cc1)Nc1ccc(Cl)c(C(F)(F)F)c1. The van der Waals surface area contributed by atoms with Gasteiger partial charge in [-0.3, -0.25) is 4.79 Å². The summed E-state index contributed by atoms with van der Waals surface area (Å²) in [6.07, 6.45) is -4.69. The van der Waals surface area contributed by atoms with Crippen molar-refractivity contribution in [3.8, 4) is 0 Å². The summed E-state index contributed by atoms with van der Waals surface area (Å²) in [4.78, 5) is 11.7. The van der Waals surface area contributed by atoms with E-state index in [1.807, 2.05) is 4.72 Å². The molecule has 11 heteroatoms. The van der Waals surface area contributed by atoms with Crippen molar-refractivity contribution >= 4 is 44.8 Å². The number of alkyl halides is 3. The summed E-state index contributed by atoms with van der Waals surface area (Å²) in [6, 6.07) is 8.04. The molecule has 0 saturated heterocycles. The van der Waals surface area contributed by atoms with E-state index in [0.717, 1.165) is 6.07 Å². The van der Waals surface area contributed by atoms with Crippen molar-refractivity contribution in [1.82, 2.24) is 4.72 Å². The van der Waals surface area contributed by atoms with Gasteiger partial charge in [-0.05, 0) is 42.5 Å². The molecule has 0 radical (unpaired) electrons. The van der Waals surface area contributed by atoms with Crippen LogP contribution in [0.1, 0.15) is 5.56 Å². The van der Waals surface area contributed by atoms with E-state index in [4.69, 9.17) is 23.2 Å². The zero-order chi connectivity index (χ0) is 19.5. The Morgan fingerprint density at radius 3 is 2.23 bits per heavy atom. The molecule has 0 fully saturated rings. The van der Waals surface area contributed by atoms with Gasteiger partial charge in [0.1, 0.15) is 0 Å². The lowest BCUT2D eigenvalue weighted by Gasteiger charge is -2.12. The quantitative estimate of drug-likeness (QED) is 0.760. The highest BCUT2D eigenvalue weighted by Gasteiger charge is 2.33. The van der Waals surface area contributed by atoms with E-state index in [-0.39, 0.29) is 10.6 Å². The second-order valence-electron chi connectivity index (χ2n) is 5.02. The fourth-order valence-electron chi connectivity index (χ4n) is 1.88. The second-order valence-corrected chi connectivity index (χ2v) is 7.63. The number of rotatable bonds is 5. The van der Waals surface area contributed by atoms with Crippen LogP contribution in [0.15, 0.2) is 47.4 Å². The van der Waals surface area contributed by atoms with Crippen molar-refractivity contribution < 1.29 is 26.4 Å². The molecule has 2 aromatic carbocycles. The average molecular weight is 427 g/mol. The highest BCUT2D eigenvalue weighted by molar-refractivity contribution is 7.89. The van der Waals surface area contributed by atoms with Crippen molar-refractivity contribution in [1.29, 1.82) is 0 Å². The lowest BCUT2D eigenvalue weighted by atomic mass is 10.2. The summed E-state index contributed by atoms with van der Waals surface area (Å²) in [5.41, 5.74) is -1.28. The molecule has 0 bridgehead atoms. The van der Waals surface area contributed by atoms with Crippen LogP contribution in [0.5, 0.6) is 0 Å². The number of anilines is 1. The number of carbonyl (C=O) groups excluding carboxylic acids is 1. The van der Waals surface area contributed by atoms with Crippen LogP contribution in [-0.2, 0) is 21.0 Å². The van der Waals surface area contributed by atoms with Gasteiger partial charge in [0.05, 0.1) is 22.0 Å². The third kappa shape index (κ3) is 5.34. The maximum atomic E-state index is 12.8. The van der Waals surface area contributed by atoms with E-state index in [9.17, 15) is 26.4 Å². The molecule has 140 valence electrons. The van der Waals surface area contributed by atoms with Crippen LogP contribution < -0.4 is 10.0 Å². The Kier molecular flexibility index (Phi) is 6.17. The molecule has 5 nitrogen and oxygen atoms in total. The minimum absolute atomic E-state index is 0.111. The topological polar surface area (TPSA) is 75.3 Å². The predicted molar refractivity (Wildman–Crippen MR) is 91.7 cm³/mol. The van der Waals surface area contributed by atoms with Crippen molar-refractivity contribution in [2.75, 3.05) is 11.9 Å². The molecule has 1 amide bonds. The van der Waals surface area contributed by atoms with Gasteiger partial charge < -0.3 is 5.32 Å². The number of hydrogen-bond donors (Lipinski definition) is 2. The zero-order valence-corrected chi connectivity index (χ0v) is 15.1. The van der Waals surface area contributed by atoms with E-state index in [1.54, 1.807) is 0 Å². The molecule has 0 aromatic heterocycles. The molecule has 2 aromatic rings. The van der Waals surface area contributed by atoms with E-state index < -0.39 is 39.2 Å². The standard InChI is InChI=1S/C15H11Cl2F3N2O3S/c16-9-1-4-11(5-2-9)26(24,25)21-8-14(23)22-10-3-6-13(17)12(7-10)15(18,19)20/h1-7,21H,8H2,(H,22,23). The van der Waals surface area contributed by atoms with Crippen molar-refractivity contribution in [2.45, 2.75) is 11.1 Å². The van der Waals surface area contributed by atoms with Gasteiger partial charge in [0.25, 0.3) is 0 Å². The molecule has 0 unspecified atom stereocenters. The monoisotopic (exact) mass is 426 g/mol. The van der Waals surface area contributed by atoms with E-state index >= 15 is 0 Å². The number of halogens is 5. The van der Waals surface area contributed by atoms with Crippen LogP contribution in [0.3, 0.4) is 0 Å². The van der Waals surface area contributed by atoms with Gasteiger partial charge >= 0.3 is 6.18 Å². The molecular weight excluding hydrogens is 416 g/mol. The van der Waals surface area contributed by atoms with Crippen molar-refractivity contribution in [3.63, 3.8) is 0 Å². The first-order valence-electron chi connectivity index (χ1n) is 6.91. The van der Waals surface area contributed by atoms with Gasteiger partial charge in [0.2, 0.25) is 15.9 Å². The van der Waals surface area contributed by atoms with Gasteiger partial charge in [0.15, 0.2) is 0 Å². The van der Waals surface area contributed by atoms with Crippen molar-refractivity contribution in [2.24, 2.45) is 0 Å². The first-order valence-corrected chi connectivity index (χ1v) is 9.15. The number of carbonyl (C=O) groups is 1. The normalized spacial score (nSPS) is 12.0. The molecule has 0 saturated carbocycles. The Morgan fingerprint density at radius 1 is 1.04 bits per heavy atom. The lowest BCUT2D eigenvalue weighted by molar-refractivity contribution is -0.137. The van der Waals surface area contributed by atoms with Crippen molar-refractivity contribution in [3.05, 3.63) is 58.1 Å². The Morgan fingerprint density at radius 2 is 1.65 bits per heavy atom. The Bertz CT molecular complexity index is 917. The molecular formula is C15H11Cl2F3N2O3S. The highest BCUT2D eigenvalue weighted by Crippen LogP contribution is 2.36. The van der Waals surface area contributed by atoms with Crippen LogP contribution in [0, 0.1) is 0 Å². The number of benzene rings is 2. The summed E-state index contributed by atoms with van der Waals surface area (Å²) in [7, 11) is -3.97. The Balaban J connectivity index is 2.04. The fraction of sp³-hybridized carbons (Fsp3) is 0.133. The van der Waals surface area contributed by atoms with Gasteiger partial charge in [0, 0.05) is 10.7 Å². The molecule has 0 atom stereocenters. The summed E-state index contributed by atoms with van der Waals surface area (Å²) in [5, 5.41) is 1.99. The van der Waals surface area contributed by atoms with E-state index in [0.29, 0.717) is 11.1 Å². The first kappa shape index (κ1) is 20.5. The van der Waals surface area contributed by atoms with Crippen LogP contribution in [0.4, 0.5) is 18.9 Å². The molecule has 0 aliphatic rings. The average Bonchev–Trinajstić information content (AvgIpc) is 2.54. The molecule has 26 heavy (non-hydrogen) atoms. The second kappa shape index (κ2) is 7.83. The van der Waals surface area contributed by atoms with E-state index in [2.05, 4.69) is 5.32 Å². The van der Waals surface area contributed by atoms with Crippen LogP contribution in [-0.4, -0.2) is 20.9 Å². The van der Waals surface area contributed by atoms with Gasteiger partial charge in [-0.1, -0.05) is 23.2 Å². The minimum Gasteiger partial charge on any atom is -0.325 e. The Hall–Kier alpha value is -1.81. The largest absolute Gasteiger partial charge is 0.417 e. The number of sulfonamides is 1. The maximum absolute atomic E-state index is 12.8. The van der Waals surface area contributed by atoms with Crippen LogP contribution in [0.25, 0.3) is 0 Å². The zero-order valence-electron chi connectivity index (χ0n) is 12.8.